The van der Waals surface area contributed by atoms with E-state index in [1.165, 1.54) is 43.5 Å². The SMILES string of the molecule is c1sc(CNC2CC2)nc1COCCC1CCC1. The summed E-state index contributed by atoms with van der Waals surface area (Å²) in [6, 6.07) is 0.760. The third-order valence-electron chi connectivity index (χ3n) is 3.86. The molecule has 3 nitrogen and oxygen atoms in total. The Kier molecular flexibility index (Phi) is 4.28. The largest absolute Gasteiger partial charge is 0.375 e. The molecule has 1 aromatic heterocycles. The third-order valence-corrected chi connectivity index (χ3v) is 4.76. The van der Waals surface area contributed by atoms with Gasteiger partial charge in [-0.15, -0.1) is 11.3 Å². The van der Waals surface area contributed by atoms with E-state index >= 15 is 0 Å². The normalized spacial score (nSPS) is 20.0. The first-order valence-electron chi connectivity index (χ1n) is 7.14. The monoisotopic (exact) mass is 266 g/mol. The Morgan fingerprint density at radius 1 is 1.33 bits per heavy atom. The van der Waals surface area contributed by atoms with Gasteiger partial charge in [-0.3, -0.25) is 0 Å². The molecule has 0 bridgehead atoms. The highest BCUT2D eigenvalue weighted by molar-refractivity contribution is 7.09. The van der Waals surface area contributed by atoms with Gasteiger partial charge in [-0.2, -0.15) is 0 Å². The van der Waals surface area contributed by atoms with Gasteiger partial charge in [0, 0.05) is 24.6 Å². The summed E-state index contributed by atoms with van der Waals surface area (Å²) in [5.41, 5.74) is 1.10. The average molecular weight is 266 g/mol. The summed E-state index contributed by atoms with van der Waals surface area (Å²) in [6.45, 7) is 2.52. The van der Waals surface area contributed by atoms with Crippen molar-refractivity contribution in [3.05, 3.63) is 16.1 Å². The van der Waals surface area contributed by atoms with Crippen LogP contribution in [0.1, 0.15) is 49.2 Å². The van der Waals surface area contributed by atoms with E-state index < -0.39 is 0 Å². The van der Waals surface area contributed by atoms with Crippen LogP contribution in [0.15, 0.2) is 5.38 Å². The van der Waals surface area contributed by atoms with Gasteiger partial charge in [-0.05, 0) is 25.2 Å². The number of nitrogens with zero attached hydrogens (tertiary/aromatic N) is 1. The van der Waals surface area contributed by atoms with Crippen molar-refractivity contribution in [3.63, 3.8) is 0 Å². The topological polar surface area (TPSA) is 34.2 Å². The van der Waals surface area contributed by atoms with Crippen LogP contribution in [0.3, 0.4) is 0 Å². The van der Waals surface area contributed by atoms with E-state index in [1.54, 1.807) is 11.3 Å². The van der Waals surface area contributed by atoms with Crippen LogP contribution in [-0.2, 0) is 17.9 Å². The zero-order chi connectivity index (χ0) is 12.2. The molecule has 2 aliphatic rings. The summed E-state index contributed by atoms with van der Waals surface area (Å²) >= 11 is 1.75. The van der Waals surface area contributed by atoms with Gasteiger partial charge in [0.2, 0.25) is 0 Å². The van der Waals surface area contributed by atoms with E-state index in [1.807, 2.05) is 0 Å². The van der Waals surface area contributed by atoms with Gasteiger partial charge in [0.25, 0.3) is 0 Å². The second kappa shape index (κ2) is 6.13. The summed E-state index contributed by atoms with van der Waals surface area (Å²) in [5.74, 6) is 0.943. The molecular formula is C14H22N2OS. The van der Waals surface area contributed by atoms with E-state index in [-0.39, 0.29) is 0 Å². The first kappa shape index (κ1) is 12.6. The molecule has 2 aliphatic carbocycles. The zero-order valence-electron chi connectivity index (χ0n) is 10.9. The average Bonchev–Trinajstić information content (AvgIpc) is 3.04. The van der Waals surface area contributed by atoms with Crippen molar-refractivity contribution in [2.45, 2.75) is 57.7 Å². The Morgan fingerprint density at radius 2 is 2.22 bits per heavy atom. The molecule has 100 valence electrons. The minimum Gasteiger partial charge on any atom is -0.375 e. The van der Waals surface area contributed by atoms with Crippen LogP contribution in [0.25, 0.3) is 0 Å². The van der Waals surface area contributed by atoms with Crippen molar-refractivity contribution >= 4 is 11.3 Å². The van der Waals surface area contributed by atoms with Gasteiger partial charge in [-0.25, -0.2) is 4.98 Å². The molecule has 1 heterocycles. The fourth-order valence-corrected chi connectivity index (χ4v) is 2.95. The quantitative estimate of drug-likeness (QED) is 0.734. The van der Waals surface area contributed by atoms with Crippen molar-refractivity contribution in [1.82, 2.24) is 10.3 Å². The number of aromatic nitrogens is 1. The van der Waals surface area contributed by atoms with Crippen molar-refractivity contribution < 1.29 is 4.74 Å². The van der Waals surface area contributed by atoms with Crippen LogP contribution >= 0.6 is 11.3 Å². The zero-order valence-corrected chi connectivity index (χ0v) is 11.7. The number of thiazole rings is 1. The summed E-state index contributed by atoms with van der Waals surface area (Å²) in [5, 5.41) is 6.82. The summed E-state index contributed by atoms with van der Waals surface area (Å²) in [4.78, 5) is 4.59. The van der Waals surface area contributed by atoms with E-state index in [2.05, 4.69) is 15.7 Å². The van der Waals surface area contributed by atoms with Crippen molar-refractivity contribution in [3.8, 4) is 0 Å². The molecule has 0 aromatic carbocycles. The Bertz CT molecular complexity index is 372. The maximum Gasteiger partial charge on any atom is 0.107 e. The lowest BCUT2D eigenvalue weighted by molar-refractivity contribution is 0.0931. The van der Waals surface area contributed by atoms with Gasteiger partial charge in [-0.1, -0.05) is 19.3 Å². The second-order valence-electron chi connectivity index (χ2n) is 5.53. The lowest BCUT2D eigenvalue weighted by Crippen LogP contribution is -2.15. The highest BCUT2D eigenvalue weighted by Crippen LogP contribution is 2.29. The van der Waals surface area contributed by atoms with E-state index in [4.69, 9.17) is 4.74 Å². The van der Waals surface area contributed by atoms with Crippen molar-refractivity contribution in [2.75, 3.05) is 6.61 Å². The van der Waals surface area contributed by atoms with E-state index in [0.29, 0.717) is 6.61 Å². The number of nitrogens with one attached hydrogen (secondary N) is 1. The van der Waals surface area contributed by atoms with Gasteiger partial charge in [0.15, 0.2) is 0 Å². The third kappa shape index (κ3) is 3.77. The number of hydrogen-bond acceptors (Lipinski definition) is 4. The Balaban J connectivity index is 1.31. The minimum absolute atomic E-state index is 0.687. The van der Waals surface area contributed by atoms with Crippen LogP contribution in [0.5, 0.6) is 0 Å². The maximum absolute atomic E-state index is 5.70. The maximum atomic E-state index is 5.70. The second-order valence-corrected chi connectivity index (χ2v) is 6.47. The van der Waals surface area contributed by atoms with Crippen molar-refractivity contribution in [2.24, 2.45) is 5.92 Å². The Labute approximate surface area is 113 Å². The molecule has 1 N–H and O–H groups in total. The lowest BCUT2D eigenvalue weighted by Gasteiger charge is -2.24. The fourth-order valence-electron chi connectivity index (χ4n) is 2.22. The number of ether oxygens (including phenoxy) is 1. The first-order valence-corrected chi connectivity index (χ1v) is 8.02. The van der Waals surface area contributed by atoms with E-state index in [9.17, 15) is 0 Å². The highest BCUT2D eigenvalue weighted by Gasteiger charge is 2.20. The summed E-state index contributed by atoms with van der Waals surface area (Å²) in [6.07, 6.45) is 8.16. The van der Waals surface area contributed by atoms with E-state index in [0.717, 1.165) is 30.8 Å². The van der Waals surface area contributed by atoms with Gasteiger partial charge in [0.1, 0.15) is 5.01 Å². The molecule has 1 aromatic rings. The molecule has 0 unspecified atom stereocenters. The van der Waals surface area contributed by atoms with Crippen LogP contribution in [0, 0.1) is 5.92 Å². The minimum atomic E-state index is 0.687. The number of hydrogen-bond donors (Lipinski definition) is 1. The number of rotatable bonds is 8. The molecule has 0 saturated heterocycles. The molecule has 2 saturated carbocycles. The van der Waals surface area contributed by atoms with Gasteiger partial charge in [0.05, 0.1) is 12.3 Å². The standard InChI is InChI=1S/C14H22N2OS/c1-2-11(3-1)6-7-17-9-13-10-18-14(16-13)8-15-12-4-5-12/h10-12,15H,1-9H2. The molecule has 0 amide bonds. The molecule has 0 aliphatic heterocycles. The van der Waals surface area contributed by atoms with Crippen molar-refractivity contribution in [1.29, 1.82) is 0 Å². The van der Waals surface area contributed by atoms with Gasteiger partial charge >= 0.3 is 0 Å². The fraction of sp³-hybridized carbons (Fsp3) is 0.786. The molecular weight excluding hydrogens is 244 g/mol. The molecule has 0 radical (unpaired) electrons. The predicted octanol–water partition coefficient (Wildman–Crippen LogP) is 3.10. The molecule has 0 spiro atoms. The smallest absolute Gasteiger partial charge is 0.107 e. The molecule has 18 heavy (non-hydrogen) atoms. The molecule has 2 fully saturated rings. The first-order chi connectivity index (χ1) is 8.90. The predicted molar refractivity (Wildman–Crippen MR) is 73.6 cm³/mol. The van der Waals surface area contributed by atoms with Crippen LogP contribution < -0.4 is 5.32 Å². The highest BCUT2D eigenvalue weighted by atomic mass is 32.1. The van der Waals surface area contributed by atoms with Crippen LogP contribution in [0.4, 0.5) is 0 Å². The Hall–Kier alpha value is -0.450. The van der Waals surface area contributed by atoms with Crippen LogP contribution in [-0.4, -0.2) is 17.6 Å². The van der Waals surface area contributed by atoms with Crippen LogP contribution in [0.2, 0.25) is 0 Å². The molecule has 3 rings (SSSR count). The Morgan fingerprint density at radius 3 is 2.94 bits per heavy atom. The molecule has 4 heteroatoms. The molecule has 0 atom stereocenters. The summed E-state index contributed by atoms with van der Waals surface area (Å²) < 4.78 is 5.70. The van der Waals surface area contributed by atoms with Gasteiger partial charge < -0.3 is 10.1 Å². The summed E-state index contributed by atoms with van der Waals surface area (Å²) in [7, 11) is 0. The lowest BCUT2D eigenvalue weighted by atomic mass is 9.83.